The molecule has 1 heterocycles. The standard InChI is InChI=1S/C20H19ClN4O4/c1-12(2)18-17(20(27)24(23(18)3)13-7-5-4-6-8-13)22-19(26)15-10-9-14(25(28)29)11-16(15)21/h4-12H,1-3H3,(H,22,26). The van der Waals surface area contributed by atoms with Crippen LogP contribution in [0, 0.1) is 10.1 Å². The molecule has 0 aliphatic carbocycles. The van der Waals surface area contributed by atoms with Gasteiger partial charge in [-0.1, -0.05) is 43.6 Å². The number of hydrogen-bond acceptors (Lipinski definition) is 4. The molecule has 0 unspecified atom stereocenters. The molecule has 3 rings (SSSR count). The largest absolute Gasteiger partial charge is 0.316 e. The third-order valence-corrected chi connectivity index (χ3v) is 4.82. The smallest absolute Gasteiger partial charge is 0.295 e. The SMILES string of the molecule is CC(C)c1c(NC(=O)c2ccc([N+](=O)[O-])cc2Cl)c(=O)n(-c2ccccc2)n1C. The Hall–Kier alpha value is -3.39. The summed E-state index contributed by atoms with van der Waals surface area (Å²) in [6, 6.07) is 12.6. The van der Waals surface area contributed by atoms with Gasteiger partial charge in [0.1, 0.15) is 5.69 Å². The third-order valence-electron chi connectivity index (χ3n) is 4.51. The molecule has 8 nitrogen and oxygen atoms in total. The van der Waals surface area contributed by atoms with Crippen LogP contribution in [0.15, 0.2) is 53.3 Å². The van der Waals surface area contributed by atoms with Gasteiger partial charge in [-0.2, -0.15) is 0 Å². The number of nitrogens with zero attached hydrogens (tertiary/aromatic N) is 3. The molecule has 0 atom stereocenters. The summed E-state index contributed by atoms with van der Waals surface area (Å²) in [7, 11) is 1.75. The number of halogens is 1. The Morgan fingerprint density at radius 2 is 1.83 bits per heavy atom. The van der Waals surface area contributed by atoms with Crippen molar-refractivity contribution in [3.63, 3.8) is 0 Å². The minimum atomic E-state index is -0.616. The van der Waals surface area contributed by atoms with Crippen molar-refractivity contribution in [1.82, 2.24) is 9.36 Å². The van der Waals surface area contributed by atoms with E-state index in [1.807, 2.05) is 32.0 Å². The summed E-state index contributed by atoms with van der Waals surface area (Å²) in [6.07, 6.45) is 0. The first-order chi connectivity index (χ1) is 13.7. The molecule has 0 saturated heterocycles. The molecule has 29 heavy (non-hydrogen) atoms. The van der Waals surface area contributed by atoms with Crippen LogP contribution in [0.1, 0.15) is 35.8 Å². The van der Waals surface area contributed by atoms with E-state index < -0.39 is 10.8 Å². The zero-order valence-electron chi connectivity index (χ0n) is 16.0. The van der Waals surface area contributed by atoms with Gasteiger partial charge in [0.15, 0.2) is 0 Å². The molecular formula is C20H19ClN4O4. The molecule has 0 fully saturated rings. The van der Waals surface area contributed by atoms with E-state index in [2.05, 4.69) is 5.32 Å². The zero-order chi connectivity index (χ0) is 21.3. The molecule has 0 saturated carbocycles. The Kier molecular flexibility index (Phi) is 5.56. The number of aromatic nitrogens is 2. The molecule has 1 aromatic heterocycles. The van der Waals surface area contributed by atoms with Gasteiger partial charge in [0.05, 0.1) is 26.9 Å². The van der Waals surface area contributed by atoms with Crippen LogP contribution < -0.4 is 10.9 Å². The van der Waals surface area contributed by atoms with Crippen molar-refractivity contribution in [3.8, 4) is 5.69 Å². The second kappa shape index (κ2) is 7.92. The van der Waals surface area contributed by atoms with E-state index in [9.17, 15) is 19.7 Å². The van der Waals surface area contributed by atoms with Gasteiger partial charge < -0.3 is 5.32 Å². The molecule has 2 aromatic carbocycles. The molecule has 0 aliphatic rings. The first-order valence-electron chi connectivity index (χ1n) is 8.85. The highest BCUT2D eigenvalue weighted by Gasteiger charge is 2.24. The number of non-ortho nitro benzene ring substituents is 1. The summed E-state index contributed by atoms with van der Waals surface area (Å²) in [5.41, 5.74) is 0.891. The van der Waals surface area contributed by atoms with E-state index in [4.69, 9.17) is 11.6 Å². The minimum Gasteiger partial charge on any atom is -0.316 e. The number of hydrogen-bond donors (Lipinski definition) is 1. The normalized spacial score (nSPS) is 10.9. The molecular weight excluding hydrogens is 396 g/mol. The van der Waals surface area contributed by atoms with Gasteiger partial charge in [-0.25, -0.2) is 4.68 Å². The monoisotopic (exact) mass is 414 g/mol. The number of anilines is 1. The number of rotatable bonds is 5. The van der Waals surface area contributed by atoms with Crippen molar-refractivity contribution in [2.75, 3.05) is 5.32 Å². The molecule has 0 spiro atoms. The van der Waals surface area contributed by atoms with Gasteiger partial charge >= 0.3 is 0 Å². The van der Waals surface area contributed by atoms with E-state index in [1.54, 1.807) is 23.9 Å². The number of carbonyl (C=O) groups is 1. The van der Waals surface area contributed by atoms with Gasteiger partial charge in [0.25, 0.3) is 17.2 Å². The van der Waals surface area contributed by atoms with E-state index in [1.165, 1.54) is 16.8 Å². The van der Waals surface area contributed by atoms with Crippen LogP contribution >= 0.6 is 11.6 Å². The summed E-state index contributed by atoms with van der Waals surface area (Å²) >= 11 is 6.06. The number of benzene rings is 2. The molecule has 0 radical (unpaired) electrons. The average Bonchev–Trinajstić information content (AvgIpc) is 2.92. The highest BCUT2D eigenvalue weighted by molar-refractivity contribution is 6.34. The van der Waals surface area contributed by atoms with Gasteiger partial charge in [0.2, 0.25) is 0 Å². The summed E-state index contributed by atoms with van der Waals surface area (Å²) in [6.45, 7) is 3.83. The Balaban J connectivity index is 2.07. The van der Waals surface area contributed by atoms with Crippen LogP contribution in [-0.2, 0) is 7.05 Å². The maximum Gasteiger partial charge on any atom is 0.295 e. The topological polar surface area (TPSA) is 99.2 Å². The number of nitrogens with one attached hydrogen (secondary N) is 1. The van der Waals surface area contributed by atoms with Crippen molar-refractivity contribution < 1.29 is 9.72 Å². The minimum absolute atomic E-state index is 0.0430. The zero-order valence-corrected chi connectivity index (χ0v) is 16.8. The number of carbonyl (C=O) groups excluding carboxylic acids is 1. The molecule has 0 aliphatic heterocycles. The van der Waals surface area contributed by atoms with Crippen LogP contribution in [0.2, 0.25) is 5.02 Å². The number of amides is 1. The predicted octanol–water partition coefficient (Wildman–Crippen LogP) is 4.11. The van der Waals surface area contributed by atoms with Gasteiger partial charge in [-0.15, -0.1) is 0 Å². The Morgan fingerprint density at radius 3 is 2.38 bits per heavy atom. The molecule has 0 bridgehead atoms. The maximum absolute atomic E-state index is 13.1. The Bertz CT molecular complexity index is 1150. The van der Waals surface area contributed by atoms with Crippen LogP contribution in [0.5, 0.6) is 0 Å². The first-order valence-corrected chi connectivity index (χ1v) is 9.22. The number of nitro benzene ring substituents is 1. The quantitative estimate of drug-likeness (QED) is 0.501. The van der Waals surface area contributed by atoms with Crippen molar-refractivity contribution in [2.24, 2.45) is 7.05 Å². The lowest BCUT2D eigenvalue weighted by Crippen LogP contribution is -2.23. The predicted molar refractivity (Wildman–Crippen MR) is 111 cm³/mol. The van der Waals surface area contributed by atoms with Gasteiger partial charge in [0, 0.05) is 19.2 Å². The highest BCUT2D eigenvalue weighted by Crippen LogP contribution is 2.26. The molecule has 1 amide bonds. The summed E-state index contributed by atoms with van der Waals surface area (Å²) < 4.78 is 3.18. The third kappa shape index (κ3) is 3.79. The fraction of sp³-hybridized carbons (Fsp3) is 0.200. The maximum atomic E-state index is 13.1. The van der Waals surface area contributed by atoms with E-state index in [-0.39, 0.29) is 33.4 Å². The first kappa shape index (κ1) is 20.3. The second-order valence-electron chi connectivity index (χ2n) is 6.77. The van der Waals surface area contributed by atoms with E-state index in [0.717, 1.165) is 6.07 Å². The fourth-order valence-corrected chi connectivity index (χ4v) is 3.50. The molecule has 9 heteroatoms. The lowest BCUT2D eigenvalue weighted by molar-refractivity contribution is -0.384. The highest BCUT2D eigenvalue weighted by atomic mass is 35.5. The fourth-order valence-electron chi connectivity index (χ4n) is 3.24. The summed E-state index contributed by atoms with van der Waals surface area (Å²) in [5.74, 6) is -0.671. The van der Waals surface area contributed by atoms with Crippen LogP contribution in [-0.4, -0.2) is 20.2 Å². The number of nitro groups is 1. The van der Waals surface area contributed by atoms with Crippen molar-refractivity contribution in [3.05, 3.63) is 85.3 Å². The van der Waals surface area contributed by atoms with Crippen LogP contribution in [0.3, 0.4) is 0 Å². The van der Waals surface area contributed by atoms with Crippen molar-refractivity contribution in [2.45, 2.75) is 19.8 Å². The van der Waals surface area contributed by atoms with Crippen molar-refractivity contribution >= 4 is 28.9 Å². The Morgan fingerprint density at radius 1 is 1.17 bits per heavy atom. The molecule has 3 aromatic rings. The lowest BCUT2D eigenvalue weighted by Gasteiger charge is -2.13. The van der Waals surface area contributed by atoms with Gasteiger partial charge in [-0.05, 0) is 24.1 Å². The second-order valence-corrected chi connectivity index (χ2v) is 7.17. The number of para-hydroxylation sites is 1. The van der Waals surface area contributed by atoms with Crippen molar-refractivity contribution in [1.29, 1.82) is 0 Å². The molecule has 1 N–H and O–H groups in total. The summed E-state index contributed by atoms with van der Waals surface area (Å²) in [5, 5.41) is 13.4. The average molecular weight is 415 g/mol. The Labute approximate surface area is 171 Å². The molecule has 150 valence electrons. The van der Waals surface area contributed by atoms with E-state index in [0.29, 0.717) is 11.4 Å². The van der Waals surface area contributed by atoms with Crippen LogP contribution in [0.25, 0.3) is 5.69 Å². The van der Waals surface area contributed by atoms with E-state index >= 15 is 0 Å². The van der Waals surface area contributed by atoms with Gasteiger partial charge in [-0.3, -0.25) is 24.4 Å². The summed E-state index contributed by atoms with van der Waals surface area (Å²) in [4.78, 5) is 36.2. The van der Waals surface area contributed by atoms with Crippen LogP contribution in [0.4, 0.5) is 11.4 Å². The lowest BCUT2D eigenvalue weighted by atomic mass is 10.1.